The number of rotatable bonds is 4. The predicted molar refractivity (Wildman–Crippen MR) is 71.9 cm³/mol. The first-order chi connectivity index (χ1) is 9.15. The molecule has 0 unspecified atom stereocenters. The minimum Gasteiger partial charge on any atom is -0.497 e. The highest BCUT2D eigenvalue weighted by molar-refractivity contribution is 5.96. The number of ether oxygens (including phenoxy) is 2. The van der Waals surface area contributed by atoms with Crippen LogP contribution in [-0.2, 0) is 0 Å². The van der Waals surface area contributed by atoms with Crippen molar-refractivity contribution in [1.29, 1.82) is 0 Å². The quantitative estimate of drug-likeness (QED) is 0.915. The summed E-state index contributed by atoms with van der Waals surface area (Å²) in [5.74, 6) is 0.279. The van der Waals surface area contributed by atoms with Gasteiger partial charge in [0.1, 0.15) is 11.5 Å². The average Bonchev–Trinajstić information content (AvgIpc) is 2.46. The van der Waals surface area contributed by atoms with Gasteiger partial charge in [-0.05, 0) is 29.3 Å². The lowest BCUT2D eigenvalue weighted by Gasteiger charge is -2.10. The van der Waals surface area contributed by atoms with Crippen molar-refractivity contribution < 1.29 is 19.4 Å². The van der Waals surface area contributed by atoms with Gasteiger partial charge in [-0.15, -0.1) is 0 Å². The van der Waals surface area contributed by atoms with E-state index >= 15 is 0 Å². The molecule has 0 heterocycles. The first-order valence-electron chi connectivity index (χ1n) is 5.71. The van der Waals surface area contributed by atoms with Gasteiger partial charge in [0, 0.05) is 6.07 Å². The van der Waals surface area contributed by atoms with E-state index in [4.69, 9.17) is 9.47 Å². The summed E-state index contributed by atoms with van der Waals surface area (Å²) in [6, 6.07) is 12.1. The summed E-state index contributed by atoms with van der Waals surface area (Å²) >= 11 is 0. The Morgan fingerprint density at radius 1 is 1.00 bits per heavy atom. The van der Waals surface area contributed by atoms with E-state index in [0.717, 1.165) is 5.56 Å². The highest BCUT2D eigenvalue weighted by Crippen LogP contribution is 2.31. The minimum absolute atomic E-state index is 0.248. The van der Waals surface area contributed by atoms with Crippen molar-refractivity contribution in [3.8, 4) is 22.6 Å². The molecule has 4 heteroatoms. The SMILES string of the molecule is COc1cc(OC)cc(-c2ccccc2C(=O)O)c1. The van der Waals surface area contributed by atoms with Crippen molar-refractivity contribution in [1.82, 2.24) is 0 Å². The van der Waals surface area contributed by atoms with Gasteiger partial charge < -0.3 is 14.6 Å². The molecule has 0 amide bonds. The number of benzene rings is 2. The molecule has 19 heavy (non-hydrogen) atoms. The number of carboxylic acids is 1. The van der Waals surface area contributed by atoms with E-state index in [9.17, 15) is 9.90 Å². The zero-order chi connectivity index (χ0) is 13.8. The Morgan fingerprint density at radius 3 is 2.11 bits per heavy atom. The van der Waals surface area contributed by atoms with Crippen LogP contribution in [0.5, 0.6) is 11.5 Å². The molecule has 4 nitrogen and oxygen atoms in total. The van der Waals surface area contributed by atoms with Gasteiger partial charge in [-0.25, -0.2) is 4.79 Å². The van der Waals surface area contributed by atoms with Crippen molar-refractivity contribution in [2.75, 3.05) is 14.2 Å². The van der Waals surface area contributed by atoms with E-state index in [1.54, 1.807) is 56.7 Å². The van der Waals surface area contributed by atoms with Crippen molar-refractivity contribution in [3.05, 3.63) is 48.0 Å². The van der Waals surface area contributed by atoms with Gasteiger partial charge >= 0.3 is 5.97 Å². The van der Waals surface area contributed by atoms with Crippen LogP contribution in [0.1, 0.15) is 10.4 Å². The van der Waals surface area contributed by atoms with Crippen LogP contribution in [0.25, 0.3) is 11.1 Å². The normalized spacial score (nSPS) is 10.0. The number of methoxy groups -OCH3 is 2. The second-order valence-corrected chi connectivity index (χ2v) is 3.95. The maximum absolute atomic E-state index is 11.2. The third-order valence-corrected chi connectivity index (χ3v) is 2.82. The summed E-state index contributed by atoms with van der Waals surface area (Å²) in [7, 11) is 3.11. The molecule has 2 rings (SSSR count). The van der Waals surface area contributed by atoms with Crippen LogP contribution in [0.3, 0.4) is 0 Å². The Bertz CT molecular complexity index is 583. The zero-order valence-corrected chi connectivity index (χ0v) is 10.7. The van der Waals surface area contributed by atoms with Crippen molar-refractivity contribution in [2.45, 2.75) is 0 Å². The summed E-state index contributed by atoms with van der Waals surface area (Å²) in [5, 5.41) is 9.22. The Morgan fingerprint density at radius 2 is 1.58 bits per heavy atom. The molecule has 0 saturated carbocycles. The van der Waals surface area contributed by atoms with Crippen LogP contribution in [-0.4, -0.2) is 25.3 Å². The van der Waals surface area contributed by atoms with Gasteiger partial charge in [0.05, 0.1) is 19.8 Å². The third-order valence-electron chi connectivity index (χ3n) is 2.82. The molecule has 0 atom stereocenters. The molecule has 0 aliphatic heterocycles. The van der Waals surface area contributed by atoms with Crippen molar-refractivity contribution in [3.63, 3.8) is 0 Å². The monoisotopic (exact) mass is 258 g/mol. The third kappa shape index (κ3) is 2.68. The average molecular weight is 258 g/mol. The molecule has 0 aliphatic rings. The molecule has 2 aromatic carbocycles. The van der Waals surface area contributed by atoms with Crippen molar-refractivity contribution >= 4 is 5.97 Å². The van der Waals surface area contributed by atoms with Crippen LogP contribution in [0, 0.1) is 0 Å². The fourth-order valence-corrected chi connectivity index (χ4v) is 1.88. The second-order valence-electron chi connectivity index (χ2n) is 3.95. The molecule has 0 radical (unpaired) electrons. The second kappa shape index (κ2) is 5.44. The highest BCUT2D eigenvalue weighted by Gasteiger charge is 2.12. The van der Waals surface area contributed by atoms with Gasteiger partial charge in [0.2, 0.25) is 0 Å². The first-order valence-corrected chi connectivity index (χ1v) is 5.71. The van der Waals surface area contributed by atoms with E-state index in [0.29, 0.717) is 17.1 Å². The summed E-state index contributed by atoms with van der Waals surface area (Å²) in [6.07, 6.45) is 0. The molecule has 0 bridgehead atoms. The zero-order valence-electron chi connectivity index (χ0n) is 10.7. The molecular weight excluding hydrogens is 244 g/mol. The molecule has 0 spiro atoms. The van der Waals surface area contributed by atoms with Gasteiger partial charge in [-0.3, -0.25) is 0 Å². The summed E-state index contributed by atoms with van der Waals surface area (Å²) < 4.78 is 10.4. The number of hydrogen-bond acceptors (Lipinski definition) is 3. The van der Waals surface area contributed by atoms with E-state index in [2.05, 4.69) is 0 Å². The molecule has 0 saturated heterocycles. The fourth-order valence-electron chi connectivity index (χ4n) is 1.88. The standard InChI is InChI=1S/C15H14O4/c1-18-11-7-10(8-12(9-11)19-2)13-5-3-4-6-14(13)15(16)17/h3-9H,1-2H3,(H,16,17). The van der Waals surface area contributed by atoms with Crippen LogP contribution < -0.4 is 9.47 Å². The number of carboxylic acid groups (broad SMARTS) is 1. The van der Waals surface area contributed by atoms with Gasteiger partial charge in [-0.2, -0.15) is 0 Å². The summed E-state index contributed by atoms with van der Waals surface area (Å²) in [4.78, 5) is 11.2. The Kier molecular flexibility index (Phi) is 3.71. The van der Waals surface area contributed by atoms with Gasteiger partial charge in [0.15, 0.2) is 0 Å². The lowest BCUT2D eigenvalue weighted by atomic mass is 9.99. The number of aromatic carboxylic acids is 1. The lowest BCUT2D eigenvalue weighted by molar-refractivity contribution is 0.0697. The molecule has 0 aliphatic carbocycles. The lowest BCUT2D eigenvalue weighted by Crippen LogP contribution is -1.99. The largest absolute Gasteiger partial charge is 0.497 e. The van der Waals surface area contributed by atoms with E-state index < -0.39 is 5.97 Å². The minimum atomic E-state index is -0.961. The van der Waals surface area contributed by atoms with Crippen LogP contribution >= 0.6 is 0 Å². The Balaban J connectivity index is 2.61. The van der Waals surface area contributed by atoms with Crippen molar-refractivity contribution in [2.24, 2.45) is 0 Å². The van der Waals surface area contributed by atoms with E-state index in [1.165, 1.54) is 0 Å². The molecular formula is C15H14O4. The molecule has 2 aromatic rings. The van der Waals surface area contributed by atoms with Crippen LogP contribution in [0.4, 0.5) is 0 Å². The molecule has 0 fully saturated rings. The van der Waals surface area contributed by atoms with Crippen LogP contribution in [0.15, 0.2) is 42.5 Å². The van der Waals surface area contributed by atoms with Crippen LogP contribution in [0.2, 0.25) is 0 Å². The Labute approximate surface area is 111 Å². The number of hydrogen-bond donors (Lipinski definition) is 1. The number of carbonyl (C=O) groups is 1. The molecule has 0 aromatic heterocycles. The molecule has 1 N–H and O–H groups in total. The summed E-state index contributed by atoms with van der Waals surface area (Å²) in [6.45, 7) is 0. The topological polar surface area (TPSA) is 55.8 Å². The highest BCUT2D eigenvalue weighted by atomic mass is 16.5. The fraction of sp³-hybridized carbons (Fsp3) is 0.133. The molecule has 98 valence electrons. The van der Waals surface area contributed by atoms with E-state index in [-0.39, 0.29) is 5.56 Å². The maximum Gasteiger partial charge on any atom is 0.336 e. The smallest absolute Gasteiger partial charge is 0.336 e. The summed E-state index contributed by atoms with van der Waals surface area (Å²) in [5.41, 5.74) is 1.62. The van der Waals surface area contributed by atoms with Gasteiger partial charge in [-0.1, -0.05) is 18.2 Å². The Hall–Kier alpha value is -2.49. The maximum atomic E-state index is 11.2. The van der Waals surface area contributed by atoms with E-state index in [1.807, 2.05) is 0 Å². The first kappa shape index (κ1) is 13.0. The predicted octanol–water partition coefficient (Wildman–Crippen LogP) is 3.07. The van der Waals surface area contributed by atoms with Gasteiger partial charge in [0.25, 0.3) is 0 Å².